The number of amides is 1. The summed E-state index contributed by atoms with van der Waals surface area (Å²) in [4.78, 5) is 17.9. The lowest BCUT2D eigenvalue weighted by Crippen LogP contribution is -2.36. The maximum absolute atomic E-state index is 13.7. The summed E-state index contributed by atoms with van der Waals surface area (Å²) < 4.78 is 37.7. The van der Waals surface area contributed by atoms with Crippen LogP contribution in [0.2, 0.25) is 0 Å². The highest BCUT2D eigenvalue weighted by molar-refractivity contribution is 7.83. The van der Waals surface area contributed by atoms with Gasteiger partial charge < -0.3 is 4.90 Å². The maximum atomic E-state index is 13.7. The van der Waals surface area contributed by atoms with Crippen LogP contribution in [-0.2, 0) is 28.3 Å². The topological polar surface area (TPSA) is 70.6 Å². The first-order valence-corrected chi connectivity index (χ1v) is 10.2. The Morgan fingerprint density at radius 3 is 2.48 bits per heavy atom. The summed E-state index contributed by atoms with van der Waals surface area (Å²) >= 11 is 0. The molecule has 0 aliphatic carbocycles. The van der Waals surface area contributed by atoms with Gasteiger partial charge in [0.2, 0.25) is 5.91 Å². The van der Waals surface area contributed by atoms with Crippen molar-refractivity contribution in [2.75, 3.05) is 6.54 Å². The van der Waals surface area contributed by atoms with Crippen molar-refractivity contribution in [3.63, 3.8) is 0 Å². The molecule has 1 fully saturated rings. The number of pyridine rings is 1. The van der Waals surface area contributed by atoms with E-state index in [1.54, 1.807) is 41.6 Å². The van der Waals surface area contributed by atoms with Gasteiger partial charge in [-0.3, -0.25) is 9.78 Å². The van der Waals surface area contributed by atoms with Gasteiger partial charge in [-0.05, 0) is 36.1 Å². The summed E-state index contributed by atoms with van der Waals surface area (Å²) in [6.45, 7) is 0.455. The van der Waals surface area contributed by atoms with Gasteiger partial charge in [-0.25, -0.2) is 0 Å². The maximum Gasteiger partial charge on any atom is 0.375 e. The molecule has 6 nitrogen and oxygen atoms in total. The van der Waals surface area contributed by atoms with Crippen molar-refractivity contribution in [1.29, 1.82) is 0 Å². The van der Waals surface area contributed by atoms with Gasteiger partial charge in [-0.15, -0.1) is 0 Å². The third-order valence-electron chi connectivity index (χ3n) is 4.78. The Kier molecular flexibility index (Phi) is 6.18. The van der Waals surface area contributed by atoms with Crippen LogP contribution in [0.25, 0.3) is 0 Å². The van der Waals surface area contributed by atoms with E-state index in [4.69, 9.17) is 0 Å². The first kappa shape index (κ1) is 19.4. The van der Waals surface area contributed by atoms with E-state index in [0.717, 1.165) is 15.4 Å². The van der Waals surface area contributed by atoms with Gasteiger partial charge in [0.1, 0.15) is 0 Å². The summed E-state index contributed by atoms with van der Waals surface area (Å²) in [6, 6.07) is 12.5. The molecule has 0 saturated carbocycles. The molecule has 0 spiro atoms. The smallest absolute Gasteiger partial charge is 0.335 e. The van der Waals surface area contributed by atoms with Gasteiger partial charge in [-0.1, -0.05) is 34.2 Å². The zero-order chi connectivity index (χ0) is 19.3. The quantitative estimate of drug-likeness (QED) is 0.649. The molecule has 1 aliphatic heterocycles. The third kappa shape index (κ3) is 5.33. The molecule has 1 aliphatic rings. The van der Waals surface area contributed by atoms with Crippen LogP contribution in [0.5, 0.6) is 0 Å². The number of hydrogen-bond acceptors (Lipinski definition) is 4. The Morgan fingerprint density at radius 1 is 1.11 bits per heavy atom. The molecule has 1 aromatic heterocycles. The highest BCUT2D eigenvalue weighted by atomic mass is 32.3. The Hall–Kier alpha value is -2.32. The number of carbonyl (C=O) groups is 1. The van der Waals surface area contributed by atoms with Gasteiger partial charge in [-0.2, -0.15) is 12.7 Å². The Labute approximate surface area is 159 Å². The summed E-state index contributed by atoms with van der Waals surface area (Å²) in [7, 11) is -4.82. The van der Waals surface area contributed by atoms with Crippen molar-refractivity contribution < 1.29 is 17.1 Å². The lowest BCUT2D eigenvalue weighted by molar-refractivity contribution is -0.129. The van der Waals surface area contributed by atoms with E-state index in [9.17, 15) is 17.1 Å². The molecule has 1 atom stereocenters. The highest BCUT2D eigenvalue weighted by Gasteiger charge is 2.32. The minimum Gasteiger partial charge on any atom is -0.335 e. The van der Waals surface area contributed by atoms with Crippen molar-refractivity contribution >= 4 is 16.3 Å². The Balaban J connectivity index is 1.65. The zero-order valence-corrected chi connectivity index (χ0v) is 15.7. The van der Waals surface area contributed by atoms with E-state index >= 15 is 0 Å². The van der Waals surface area contributed by atoms with E-state index in [0.29, 0.717) is 25.8 Å². The van der Waals surface area contributed by atoms with Crippen LogP contribution in [0.1, 0.15) is 30.4 Å². The second-order valence-corrected chi connectivity index (χ2v) is 7.96. The molecule has 0 unspecified atom stereocenters. The van der Waals surface area contributed by atoms with E-state index in [1.165, 1.54) is 0 Å². The van der Waals surface area contributed by atoms with Gasteiger partial charge in [0.15, 0.2) is 0 Å². The van der Waals surface area contributed by atoms with Crippen LogP contribution >= 0.6 is 0 Å². The molecule has 27 heavy (non-hydrogen) atoms. The molecule has 0 N–H and O–H groups in total. The molecule has 1 aromatic carbocycles. The van der Waals surface area contributed by atoms with E-state index in [1.807, 2.05) is 18.2 Å². The lowest BCUT2D eigenvalue weighted by Gasteiger charge is -2.27. The van der Waals surface area contributed by atoms with Crippen LogP contribution in [-0.4, -0.2) is 41.1 Å². The molecule has 1 saturated heterocycles. The first-order chi connectivity index (χ1) is 12.9. The molecule has 0 radical (unpaired) electrons. The minimum absolute atomic E-state index is 0.0231. The van der Waals surface area contributed by atoms with Crippen molar-refractivity contribution in [3.8, 4) is 0 Å². The average Bonchev–Trinajstić information content (AvgIpc) is 2.99. The molecule has 2 aromatic rings. The lowest BCUT2D eigenvalue weighted by atomic mass is 10.1. The molecular formula is C19H22FN3O3S. The first-order valence-electron chi connectivity index (χ1n) is 8.85. The number of hydrogen-bond donors (Lipinski definition) is 0. The monoisotopic (exact) mass is 391 g/mol. The number of carbonyl (C=O) groups excluding carboxylic acids is 1. The summed E-state index contributed by atoms with van der Waals surface area (Å²) in [5, 5.41) is 0. The molecule has 2 heterocycles. The van der Waals surface area contributed by atoms with Crippen LogP contribution < -0.4 is 0 Å². The van der Waals surface area contributed by atoms with Gasteiger partial charge in [0.25, 0.3) is 0 Å². The number of benzene rings is 1. The average molecular weight is 391 g/mol. The Bertz CT molecular complexity index is 862. The standard InChI is InChI=1S/C19H22FN3O3S/c20-27(25,26)22(14-16-4-2-1-3-5-16)13-10-18-6-7-19(24)23(18)15-17-8-11-21-12-9-17/h1-5,8-9,11-12,18H,6-7,10,13-15H2/t18-/m1/s1. The normalized spacial score (nSPS) is 17.6. The number of likely N-dealkylation sites (tertiary alicyclic amines) is 1. The summed E-state index contributed by atoms with van der Waals surface area (Å²) in [5.74, 6) is 0.0366. The predicted octanol–water partition coefficient (Wildman–Crippen LogP) is 2.68. The van der Waals surface area contributed by atoms with Crippen molar-refractivity contribution in [2.24, 2.45) is 0 Å². The number of rotatable bonds is 8. The van der Waals surface area contributed by atoms with E-state index in [-0.39, 0.29) is 25.0 Å². The fraction of sp³-hybridized carbons (Fsp3) is 0.368. The fourth-order valence-electron chi connectivity index (χ4n) is 3.34. The highest BCUT2D eigenvalue weighted by Crippen LogP contribution is 2.25. The van der Waals surface area contributed by atoms with Crippen molar-refractivity contribution in [2.45, 2.75) is 38.4 Å². The van der Waals surface area contributed by atoms with Gasteiger partial charge in [0.05, 0.1) is 0 Å². The largest absolute Gasteiger partial charge is 0.375 e. The Morgan fingerprint density at radius 2 is 1.81 bits per heavy atom. The van der Waals surface area contributed by atoms with Gasteiger partial charge in [0, 0.05) is 44.5 Å². The molecular weight excluding hydrogens is 369 g/mol. The number of aromatic nitrogens is 1. The predicted molar refractivity (Wildman–Crippen MR) is 99.3 cm³/mol. The van der Waals surface area contributed by atoms with E-state index < -0.39 is 10.4 Å². The van der Waals surface area contributed by atoms with Crippen LogP contribution in [0.15, 0.2) is 54.9 Å². The number of halogens is 1. The minimum atomic E-state index is -4.82. The zero-order valence-electron chi connectivity index (χ0n) is 14.9. The molecule has 1 amide bonds. The van der Waals surface area contributed by atoms with Crippen molar-refractivity contribution in [3.05, 3.63) is 66.0 Å². The summed E-state index contributed by atoms with van der Waals surface area (Å²) in [6.07, 6.45) is 4.81. The molecule has 0 bridgehead atoms. The van der Waals surface area contributed by atoms with Crippen LogP contribution in [0.4, 0.5) is 3.89 Å². The summed E-state index contributed by atoms with van der Waals surface area (Å²) in [5.41, 5.74) is 1.68. The SMILES string of the molecule is O=C1CC[C@H](CCN(Cc2ccccc2)S(=O)(=O)F)N1Cc1ccncc1. The molecule has 144 valence electrons. The number of nitrogens with zero attached hydrogens (tertiary/aromatic N) is 3. The molecule has 3 rings (SSSR count). The van der Waals surface area contributed by atoms with Crippen molar-refractivity contribution in [1.82, 2.24) is 14.2 Å². The third-order valence-corrected chi connectivity index (χ3v) is 5.71. The van der Waals surface area contributed by atoms with Gasteiger partial charge >= 0.3 is 10.4 Å². The second kappa shape index (κ2) is 8.58. The second-order valence-electron chi connectivity index (χ2n) is 6.62. The van der Waals surface area contributed by atoms with Crippen LogP contribution in [0, 0.1) is 0 Å². The van der Waals surface area contributed by atoms with E-state index in [2.05, 4.69) is 4.98 Å². The molecule has 8 heteroatoms. The fourth-order valence-corrected chi connectivity index (χ4v) is 3.97. The van der Waals surface area contributed by atoms with Crippen LogP contribution in [0.3, 0.4) is 0 Å².